The lowest BCUT2D eigenvalue weighted by Gasteiger charge is -2.34. The van der Waals surface area contributed by atoms with Gasteiger partial charge in [-0.05, 0) is 31.2 Å². The molecule has 1 fully saturated rings. The molecule has 0 amide bonds. The summed E-state index contributed by atoms with van der Waals surface area (Å²) in [4.78, 5) is 9.04. The summed E-state index contributed by atoms with van der Waals surface area (Å²) in [6, 6.07) is 4.75. The smallest absolute Gasteiger partial charge is 0.387 e. The average molecular weight is 541 g/mol. The predicted molar refractivity (Wildman–Crippen MR) is 126 cm³/mol. The maximum absolute atomic E-state index is 12.7. The second-order valence-corrected chi connectivity index (χ2v) is 7.37. The number of halogens is 3. The molecule has 1 unspecified atom stereocenters. The summed E-state index contributed by atoms with van der Waals surface area (Å²) in [7, 11) is 5.36. The van der Waals surface area contributed by atoms with E-state index in [9.17, 15) is 8.78 Å². The number of hydrogen-bond acceptors (Lipinski definition) is 5. The number of benzene rings is 1. The van der Waals surface area contributed by atoms with Crippen LogP contribution in [0.4, 0.5) is 8.78 Å². The summed E-state index contributed by atoms with van der Waals surface area (Å²) < 4.78 is 35.1. The van der Waals surface area contributed by atoms with Crippen LogP contribution in [0.5, 0.6) is 11.5 Å². The summed E-state index contributed by atoms with van der Waals surface area (Å²) in [5, 5.41) is 6.46. The van der Waals surface area contributed by atoms with Crippen LogP contribution >= 0.6 is 24.0 Å². The molecule has 7 nitrogen and oxygen atoms in total. The molecule has 1 aromatic rings. The minimum Gasteiger partial charge on any atom is -0.497 e. The van der Waals surface area contributed by atoms with Crippen LogP contribution in [0.1, 0.15) is 12.5 Å². The Morgan fingerprint density at radius 3 is 2.50 bits per heavy atom. The second kappa shape index (κ2) is 13.8. The van der Waals surface area contributed by atoms with Crippen LogP contribution in [0.25, 0.3) is 0 Å². The van der Waals surface area contributed by atoms with Crippen molar-refractivity contribution in [2.45, 2.75) is 20.1 Å². The quantitative estimate of drug-likeness (QED) is 0.285. The first-order valence-electron chi connectivity index (χ1n) is 9.88. The number of nitrogens with one attached hydrogen (secondary N) is 2. The number of methoxy groups -OCH3 is 1. The molecule has 0 aliphatic carbocycles. The van der Waals surface area contributed by atoms with Crippen molar-refractivity contribution in [3.63, 3.8) is 0 Å². The third-order valence-electron chi connectivity index (χ3n) is 4.94. The molecule has 1 saturated heterocycles. The number of ether oxygens (including phenoxy) is 2. The lowest BCUT2D eigenvalue weighted by atomic mass is 10.1. The molecule has 1 aromatic carbocycles. The SMILES string of the molecule is CN=C(NCc1cc(OC)ccc1OC(F)F)NCC(C)CN1CCN(C)CC1.I. The molecule has 0 saturated carbocycles. The van der Waals surface area contributed by atoms with E-state index in [-0.39, 0.29) is 36.3 Å². The van der Waals surface area contributed by atoms with Crippen molar-refractivity contribution in [2.75, 3.05) is 60.5 Å². The molecule has 2 N–H and O–H groups in total. The molecule has 172 valence electrons. The van der Waals surface area contributed by atoms with Gasteiger partial charge in [-0.2, -0.15) is 8.78 Å². The molecule has 10 heteroatoms. The van der Waals surface area contributed by atoms with Crippen LogP contribution in [0.15, 0.2) is 23.2 Å². The summed E-state index contributed by atoms with van der Waals surface area (Å²) in [6.07, 6.45) is 0. The van der Waals surface area contributed by atoms with Gasteiger partial charge in [-0.25, -0.2) is 0 Å². The molecule has 0 bridgehead atoms. The van der Waals surface area contributed by atoms with Gasteiger partial charge in [0.05, 0.1) is 7.11 Å². The minimum atomic E-state index is -2.88. The Labute approximate surface area is 195 Å². The zero-order valence-electron chi connectivity index (χ0n) is 18.2. The molecule has 2 rings (SSSR count). The molecule has 0 aromatic heterocycles. The highest BCUT2D eigenvalue weighted by Crippen LogP contribution is 2.25. The van der Waals surface area contributed by atoms with Gasteiger partial charge < -0.3 is 29.9 Å². The fourth-order valence-electron chi connectivity index (χ4n) is 3.24. The van der Waals surface area contributed by atoms with Gasteiger partial charge in [-0.15, -0.1) is 24.0 Å². The van der Waals surface area contributed by atoms with Crippen molar-refractivity contribution in [1.82, 2.24) is 20.4 Å². The van der Waals surface area contributed by atoms with Gasteiger partial charge in [-0.3, -0.25) is 4.99 Å². The lowest BCUT2D eigenvalue weighted by molar-refractivity contribution is -0.0504. The van der Waals surface area contributed by atoms with Crippen LogP contribution in [0.2, 0.25) is 0 Å². The first kappa shape index (κ1) is 26.6. The van der Waals surface area contributed by atoms with Gasteiger partial charge in [0.2, 0.25) is 0 Å². The minimum absolute atomic E-state index is 0. The van der Waals surface area contributed by atoms with Crippen molar-refractivity contribution < 1.29 is 18.3 Å². The van der Waals surface area contributed by atoms with E-state index in [0.717, 1.165) is 39.3 Å². The number of hydrogen-bond donors (Lipinski definition) is 2. The Bertz CT molecular complexity index is 658. The van der Waals surface area contributed by atoms with E-state index in [1.54, 1.807) is 19.2 Å². The van der Waals surface area contributed by atoms with E-state index in [0.29, 0.717) is 23.2 Å². The Morgan fingerprint density at radius 2 is 1.90 bits per heavy atom. The van der Waals surface area contributed by atoms with E-state index in [1.165, 1.54) is 13.2 Å². The van der Waals surface area contributed by atoms with Gasteiger partial charge in [-0.1, -0.05) is 6.92 Å². The number of rotatable bonds is 9. The molecule has 1 atom stereocenters. The molecular formula is C20H34F2IN5O2. The standard InChI is InChI=1S/C20H33F2N5O2.HI/c1-15(14-27-9-7-26(3)8-10-27)12-24-20(23-2)25-13-16-11-17(28-4)5-6-18(16)29-19(21)22;/h5-6,11,15,19H,7-10,12-14H2,1-4H3,(H2,23,24,25);1H. The van der Waals surface area contributed by atoms with E-state index in [4.69, 9.17) is 4.74 Å². The molecule has 30 heavy (non-hydrogen) atoms. The topological polar surface area (TPSA) is 61.4 Å². The highest BCUT2D eigenvalue weighted by atomic mass is 127. The second-order valence-electron chi connectivity index (χ2n) is 7.37. The van der Waals surface area contributed by atoms with Gasteiger partial charge in [0.15, 0.2) is 5.96 Å². The number of likely N-dealkylation sites (N-methyl/N-ethyl adjacent to an activating group) is 1. The monoisotopic (exact) mass is 541 g/mol. The Balaban J connectivity index is 0.00000450. The summed E-state index contributed by atoms with van der Waals surface area (Å²) in [5.41, 5.74) is 0.568. The molecular weight excluding hydrogens is 507 g/mol. The Morgan fingerprint density at radius 1 is 1.20 bits per heavy atom. The van der Waals surface area contributed by atoms with Gasteiger partial charge in [0.1, 0.15) is 11.5 Å². The Kier molecular flexibility index (Phi) is 12.3. The Hall–Kier alpha value is -1.40. The van der Waals surface area contributed by atoms with Crippen molar-refractivity contribution >= 4 is 29.9 Å². The zero-order valence-corrected chi connectivity index (χ0v) is 20.5. The van der Waals surface area contributed by atoms with Crippen molar-refractivity contribution in [3.05, 3.63) is 23.8 Å². The van der Waals surface area contributed by atoms with Crippen molar-refractivity contribution in [2.24, 2.45) is 10.9 Å². The first-order chi connectivity index (χ1) is 13.9. The first-order valence-corrected chi connectivity index (χ1v) is 9.88. The third-order valence-corrected chi connectivity index (χ3v) is 4.94. The zero-order chi connectivity index (χ0) is 21.2. The van der Waals surface area contributed by atoms with Crippen molar-refractivity contribution in [1.29, 1.82) is 0 Å². The maximum atomic E-state index is 12.7. The highest BCUT2D eigenvalue weighted by molar-refractivity contribution is 14.0. The number of aliphatic imine (C=N–C) groups is 1. The number of nitrogens with zero attached hydrogens (tertiary/aromatic N) is 3. The predicted octanol–water partition coefficient (Wildman–Crippen LogP) is 2.46. The van der Waals surface area contributed by atoms with E-state index in [1.807, 2.05) is 0 Å². The van der Waals surface area contributed by atoms with Gasteiger partial charge in [0.25, 0.3) is 0 Å². The van der Waals surface area contributed by atoms with Crippen LogP contribution in [0.3, 0.4) is 0 Å². The van der Waals surface area contributed by atoms with Crippen LogP contribution < -0.4 is 20.1 Å². The lowest BCUT2D eigenvalue weighted by Crippen LogP contribution is -2.47. The molecule has 1 heterocycles. The van der Waals surface area contributed by atoms with Crippen LogP contribution in [0, 0.1) is 5.92 Å². The molecule has 0 radical (unpaired) electrons. The molecule has 1 aliphatic rings. The third kappa shape index (κ3) is 9.17. The molecule has 1 aliphatic heterocycles. The average Bonchev–Trinajstić information content (AvgIpc) is 2.70. The fourth-order valence-corrected chi connectivity index (χ4v) is 3.24. The number of alkyl halides is 2. The van der Waals surface area contributed by atoms with E-state index < -0.39 is 6.61 Å². The van der Waals surface area contributed by atoms with Crippen LogP contribution in [-0.2, 0) is 6.54 Å². The number of piperazine rings is 1. The largest absolute Gasteiger partial charge is 0.497 e. The van der Waals surface area contributed by atoms with Gasteiger partial charge in [0, 0.05) is 58.4 Å². The van der Waals surface area contributed by atoms with Gasteiger partial charge >= 0.3 is 6.61 Å². The fraction of sp³-hybridized carbons (Fsp3) is 0.650. The summed E-state index contributed by atoms with van der Waals surface area (Å²) in [5.74, 6) is 1.76. The highest BCUT2D eigenvalue weighted by Gasteiger charge is 2.16. The van der Waals surface area contributed by atoms with E-state index >= 15 is 0 Å². The molecule has 0 spiro atoms. The summed E-state index contributed by atoms with van der Waals surface area (Å²) >= 11 is 0. The summed E-state index contributed by atoms with van der Waals surface area (Å²) in [6.45, 7) is 5.80. The number of guanidine groups is 1. The normalized spacial score (nSPS) is 16.7. The van der Waals surface area contributed by atoms with Crippen LogP contribution in [-0.4, -0.2) is 82.8 Å². The van der Waals surface area contributed by atoms with E-state index in [2.05, 4.69) is 44.1 Å². The maximum Gasteiger partial charge on any atom is 0.387 e. The van der Waals surface area contributed by atoms with Crippen molar-refractivity contribution in [3.8, 4) is 11.5 Å².